The van der Waals surface area contributed by atoms with E-state index in [4.69, 9.17) is 0 Å². The SMILES string of the molecule is Cc1cnc(Nc2ccc3c(ccn3S(=O)(=O)c3ccc(C(F)(F)F)cc3)c2)nc1-c1cnn(C2CC2)c1. The van der Waals surface area contributed by atoms with Crippen LogP contribution in [0, 0.1) is 6.92 Å². The topological polar surface area (TPSA) is 94.7 Å². The van der Waals surface area contributed by atoms with E-state index in [-0.39, 0.29) is 4.90 Å². The fourth-order valence-electron chi connectivity index (χ4n) is 4.26. The molecule has 3 heterocycles. The van der Waals surface area contributed by atoms with Crippen LogP contribution in [-0.4, -0.2) is 32.1 Å². The zero-order chi connectivity index (χ0) is 26.7. The Morgan fingerprint density at radius 3 is 2.50 bits per heavy atom. The quantitative estimate of drug-likeness (QED) is 0.288. The summed E-state index contributed by atoms with van der Waals surface area (Å²) in [6.45, 7) is 1.93. The first-order valence-corrected chi connectivity index (χ1v) is 13.2. The number of rotatable bonds is 6. The van der Waals surface area contributed by atoms with Gasteiger partial charge in [-0.3, -0.25) is 4.68 Å². The second-order valence-electron chi connectivity index (χ2n) is 9.20. The largest absolute Gasteiger partial charge is 0.416 e. The number of benzene rings is 2. The summed E-state index contributed by atoms with van der Waals surface area (Å²) in [5.74, 6) is 0.376. The summed E-state index contributed by atoms with van der Waals surface area (Å²) in [4.78, 5) is 8.79. The van der Waals surface area contributed by atoms with E-state index in [2.05, 4.69) is 20.4 Å². The number of nitrogens with zero attached hydrogens (tertiary/aromatic N) is 5. The molecule has 194 valence electrons. The molecule has 12 heteroatoms. The molecule has 0 aliphatic heterocycles. The van der Waals surface area contributed by atoms with Gasteiger partial charge in [0, 0.05) is 35.2 Å². The second kappa shape index (κ2) is 8.69. The number of aromatic nitrogens is 5. The monoisotopic (exact) mass is 538 g/mol. The van der Waals surface area contributed by atoms with E-state index >= 15 is 0 Å². The molecule has 1 aliphatic carbocycles. The first kappa shape index (κ1) is 24.2. The summed E-state index contributed by atoms with van der Waals surface area (Å²) in [7, 11) is -4.10. The van der Waals surface area contributed by atoms with Crippen LogP contribution in [0.2, 0.25) is 0 Å². The van der Waals surface area contributed by atoms with Crippen molar-refractivity contribution in [3.8, 4) is 11.3 Å². The molecule has 1 aliphatic rings. The van der Waals surface area contributed by atoms with Crippen LogP contribution in [0.3, 0.4) is 0 Å². The van der Waals surface area contributed by atoms with E-state index in [0.29, 0.717) is 28.6 Å². The second-order valence-corrected chi connectivity index (χ2v) is 11.0. The normalized spacial score (nSPS) is 14.2. The third-order valence-electron chi connectivity index (χ3n) is 6.42. The Labute approximate surface area is 215 Å². The highest BCUT2D eigenvalue weighted by molar-refractivity contribution is 7.90. The van der Waals surface area contributed by atoms with Crippen molar-refractivity contribution in [2.45, 2.75) is 36.9 Å². The lowest BCUT2D eigenvalue weighted by Crippen LogP contribution is -2.12. The van der Waals surface area contributed by atoms with Crippen molar-refractivity contribution in [3.63, 3.8) is 0 Å². The molecule has 6 rings (SSSR count). The zero-order valence-corrected chi connectivity index (χ0v) is 20.8. The van der Waals surface area contributed by atoms with Gasteiger partial charge in [-0.2, -0.15) is 18.3 Å². The van der Waals surface area contributed by atoms with Gasteiger partial charge in [-0.1, -0.05) is 0 Å². The van der Waals surface area contributed by atoms with Gasteiger partial charge in [-0.25, -0.2) is 22.4 Å². The molecule has 8 nitrogen and oxygen atoms in total. The highest BCUT2D eigenvalue weighted by atomic mass is 32.2. The number of halogens is 3. The van der Waals surface area contributed by atoms with E-state index in [1.54, 1.807) is 36.7 Å². The van der Waals surface area contributed by atoms with Crippen molar-refractivity contribution in [2.75, 3.05) is 5.32 Å². The van der Waals surface area contributed by atoms with Gasteiger partial charge in [0.2, 0.25) is 5.95 Å². The Morgan fingerprint density at radius 1 is 1.03 bits per heavy atom. The van der Waals surface area contributed by atoms with Crippen LogP contribution in [0.1, 0.15) is 30.0 Å². The standard InChI is InChI=1S/C26H21F3N6O2S/c1-16-13-30-25(33-24(16)18-14-31-34(15-18)21-5-6-21)32-20-4-9-23-17(12-20)10-11-35(23)38(36,37)22-7-2-19(3-8-22)26(27,28)29/h2-4,7-15,21H,5-6H2,1H3,(H,30,32,33). The molecule has 38 heavy (non-hydrogen) atoms. The molecule has 0 radical (unpaired) electrons. The third-order valence-corrected chi connectivity index (χ3v) is 8.12. The Kier molecular flexibility index (Phi) is 5.53. The predicted molar refractivity (Wildman–Crippen MR) is 136 cm³/mol. The van der Waals surface area contributed by atoms with Gasteiger partial charge >= 0.3 is 6.18 Å². The molecular weight excluding hydrogens is 517 g/mol. The van der Waals surface area contributed by atoms with Crippen molar-refractivity contribution in [3.05, 3.63) is 84.4 Å². The summed E-state index contributed by atoms with van der Waals surface area (Å²) in [5.41, 5.74) is 2.69. The molecule has 5 aromatic rings. The average molecular weight is 539 g/mol. The van der Waals surface area contributed by atoms with Crippen molar-refractivity contribution < 1.29 is 21.6 Å². The fraction of sp³-hybridized carbons (Fsp3) is 0.192. The Balaban J connectivity index is 1.27. The van der Waals surface area contributed by atoms with Crippen LogP contribution < -0.4 is 5.32 Å². The molecule has 1 N–H and O–H groups in total. The minimum Gasteiger partial charge on any atom is -0.324 e. The number of hydrogen-bond acceptors (Lipinski definition) is 6. The van der Waals surface area contributed by atoms with Crippen molar-refractivity contribution >= 4 is 32.6 Å². The van der Waals surface area contributed by atoms with Crippen LogP contribution >= 0.6 is 0 Å². The summed E-state index contributed by atoms with van der Waals surface area (Å²) in [6, 6.07) is 10.6. The highest BCUT2D eigenvalue weighted by Crippen LogP contribution is 2.35. The average Bonchev–Trinajstić information content (AvgIpc) is 3.45. The van der Waals surface area contributed by atoms with Crippen LogP contribution in [0.25, 0.3) is 22.2 Å². The molecule has 1 saturated carbocycles. The lowest BCUT2D eigenvalue weighted by molar-refractivity contribution is -0.137. The van der Waals surface area contributed by atoms with Gasteiger partial charge < -0.3 is 5.32 Å². The van der Waals surface area contributed by atoms with Gasteiger partial charge in [0.05, 0.1) is 33.9 Å². The fourth-order valence-corrected chi connectivity index (χ4v) is 5.61. The van der Waals surface area contributed by atoms with Crippen LogP contribution in [0.5, 0.6) is 0 Å². The minimum atomic E-state index is -4.55. The summed E-state index contributed by atoms with van der Waals surface area (Å²) >= 11 is 0. The van der Waals surface area contributed by atoms with E-state index in [0.717, 1.165) is 57.9 Å². The summed E-state index contributed by atoms with van der Waals surface area (Å²) < 4.78 is 67.9. The summed E-state index contributed by atoms with van der Waals surface area (Å²) in [6.07, 6.45) is 4.60. The number of fused-ring (bicyclic) bond motifs is 1. The van der Waals surface area contributed by atoms with Crippen LogP contribution in [0.4, 0.5) is 24.8 Å². The molecule has 0 spiro atoms. The van der Waals surface area contributed by atoms with E-state index in [1.807, 2.05) is 17.8 Å². The number of hydrogen-bond donors (Lipinski definition) is 1. The van der Waals surface area contributed by atoms with Crippen molar-refractivity contribution in [1.29, 1.82) is 0 Å². The molecule has 3 aromatic heterocycles. The van der Waals surface area contributed by atoms with Gasteiger partial charge in [0.1, 0.15) is 0 Å². The van der Waals surface area contributed by atoms with Gasteiger partial charge in [-0.05, 0) is 73.9 Å². The molecule has 0 bridgehead atoms. The maximum Gasteiger partial charge on any atom is 0.416 e. The van der Waals surface area contributed by atoms with E-state index < -0.39 is 21.8 Å². The number of nitrogens with one attached hydrogen (secondary N) is 1. The smallest absolute Gasteiger partial charge is 0.324 e. The maximum absolute atomic E-state index is 13.1. The molecule has 2 aromatic carbocycles. The highest BCUT2D eigenvalue weighted by Gasteiger charge is 2.31. The molecule has 0 unspecified atom stereocenters. The molecule has 0 saturated heterocycles. The lowest BCUT2D eigenvalue weighted by atomic mass is 10.1. The zero-order valence-electron chi connectivity index (χ0n) is 20.0. The molecule has 1 fully saturated rings. The van der Waals surface area contributed by atoms with Gasteiger partial charge in [0.15, 0.2) is 0 Å². The van der Waals surface area contributed by atoms with Crippen LogP contribution in [-0.2, 0) is 16.2 Å². The van der Waals surface area contributed by atoms with Gasteiger partial charge in [-0.15, -0.1) is 0 Å². The van der Waals surface area contributed by atoms with Crippen molar-refractivity contribution in [2.24, 2.45) is 0 Å². The van der Waals surface area contributed by atoms with Crippen LogP contribution in [0.15, 0.2) is 78.2 Å². The van der Waals surface area contributed by atoms with Gasteiger partial charge in [0.25, 0.3) is 10.0 Å². The maximum atomic E-state index is 13.1. The predicted octanol–water partition coefficient (Wildman–Crippen LogP) is 5.94. The molecule has 0 atom stereocenters. The molecule has 0 amide bonds. The van der Waals surface area contributed by atoms with Crippen molar-refractivity contribution in [1.82, 2.24) is 23.7 Å². The first-order valence-electron chi connectivity index (χ1n) is 11.8. The third kappa shape index (κ3) is 4.40. The lowest BCUT2D eigenvalue weighted by Gasteiger charge is -2.11. The minimum absolute atomic E-state index is 0.240. The van der Waals surface area contributed by atoms with E-state index in [1.165, 1.54) is 6.20 Å². The number of alkyl halides is 3. The number of aryl methyl sites for hydroxylation is 1. The first-order chi connectivity index (χ1) is 18.1. The number of anilines is 2. The molecular formula is C26H21F3N6O2S. The Hall–Kier alpha value is -4.19. The Morgan fingerprint density at radius 2 is 1.79 bits per heavy atom. The van der Waals surface area contributed by atoms with E-state index in [9.17, 15) is 21.6 Å². The Bertz CT molecular complexity index is 1770. The summed E-state index contributed by atoms with van der Waals surface area (Å²) in [5, 5.41) is 8.21.